The monoisotopic (exact) mass is 316 g/mol. The molecule has 0 bridgehead atoms. The van der Waals surface area contributed by atoms with Crippen LogP contribution < -0.4 is 10.1 Å². The van der Waals surface area contributed by atoms with E-state index in [0.29, 0.717) is 25.5 Å². The van der Waals surface area contributed by atoms with Crippen LogP contribution in [0.2, 0.25) is 0 Å². The Morgan fingerprint density at radius 1 is 1.41 bits per heavy atom. The molecule has 0 radical (unpaired) electrons. The van der Waals surface area contributed by atoms with Gasteiger partial charge in [-0.05, 0) is 31.9 Å². The van der Waals surface area contributed by atoms with E-state index < -0.39 is 0 Å². The van der Waals surface area contributed by atoms with Crippen LogP contribution in [0.25, 0.3) is 0 Å². The molecule has 22 heavy (non-hydrogen) atoms. The third-order valence-electron chi connectivity index (χ3n) is 3.86. The van der Waals surface area contributed by atoms with Crippen LogP contribution in [0.5, 0.6) is 5.75 Å². The molecular weight excluding hydrogens is 296 g/mol. The van der Waals surface area contributed by atoms with Gasteiger partial charge >= 0.3 is 0 Å². The Hall–Kier alpha value is -1.88. The first kappa shape index (κ1) is 15.0. The van der Waals surface area contributed by atoms with Crippen LogP contribution >= 0.6 is 11.3 Å². The van der Waals surface area contributed by atoms with Gasteiger partial charge in [-0.1, -0.05) is 18.2 Å². The van der Waals surface area contributed by atoms with Gasteiger partial charge < -0.3 is 10.1 Å². The first-order valence-corrected chi connectivity index (χ1v) is 8.34. The second-order valence-corrected chi connectivity index (χ2v) is 7.00. The number of fused-ring (bicyclic) bond motifs is 1. The van der Waals surface area contributed by atoms with Crippen molar-refractivity contribution < 1.29 is 9.53 Å². The number of carbonyl (C=O) groups is 1. The SMILES string of the molecule is Cc1nc(C)c(CC(=O)NCC2COc3ccccc3C2)s1. The fourth-order valence-corrected chi connectivity index (χ4v) is 3.66. The molecule has 1 amide bonds. The second-order valence-electron chi connectivity index (χ2n) is 5.71. The summed E-state index contributed by atoms with van der Waals surface area (Å²) in [5.74, 6) is 1.37. The van der Waals surface area contributed by atoms with Crippen molar-refractivity contribution in [2.24, 2.45) is 5.92 Å². The molecule has 2 aromatic rings. The number of hydrogen-bond acceptors (Lipinski definition) is 4. The van der Waals surface area contributed by atoms with Gasteiger partial charge in [0.1, 0.15) is 5.75 Å². The molecule has 3 rings (SSSR count). The predicted octanol–water partition coefficient (Wildman–Crippen LogP) is 2.67. The quantitative estimate of drug-likeness (QED) is 0.943. The largest absolute Gasteiger partial charge is 0.493 e. The van der Waals surface area contributed by atoms with E-state index in [4.69, 9.17) is 4.74 Å². The number of nitrogens with one attached hydrogen (secondary N) is 1. The Balaban J connectivity index is 1.51. The first-order valence-electron chi connectivity index (χ1n) is 7.52. The minimum atomic E-state index is 0.0607. The van der Waals surface area contributed by atoms with Gasteiger partial charge in [-0.2, -0.15) is 0 Å². The first-order chi connectivity index (χ1) is 10.6. The Kier molecular flexibility index (Phi) is 4.43. The van der Waals surface area contributed by atoms with E-state index in [-0.39, 0.29) is 5.91 Å². The van der Waals surface area contributed by atoms with Gasteiger partial charge in [0.15, 0.2) is 0 Å². The number of carbonyl (C=O) groups excluding carboxylic acids is 1. The number of para-hydroxylation sites is 1. The molecule has 0 aliphatic carbocycles. The standard InChI is InChI=1S/C17H20N2O2S/c1-11-16(22-12(2)19-11)8-17(20)18-9-13-7-14-5-3-4-6-15(14)21-10-13/h3-6,13H,7-10H2,1-2H3,(H,18,20). The van der Waals surface area contributed by atoms with E-state index >= 15 is 0 Å². The van der Waals surface area contributed by atoms with Crippen LogP contribution in [0.15, 0.2) is 24.3 Å². The van der Waals surface area contributed by atoms with Crippen LogP contribution in [-0.4, -0.2) is 24.0 Å². The smallest absolute Gasteiger partial charge is 0.225 e. The van der Waals surface area contributed by atoms with Crippen molar-refractivity contribution in [3.63, 3.8) is 0 Å². The summed E-state index contributed by atoms with van der Waals surface area (Å²) >= 11 is 1.60. The highest BCUT2D eigenvalue weighted by Crippen LogP contribution is 2.26. The molecule has 4 nitrogen and oxygen atoms in total. The van der Waals surface area contributed by atoms with Crippen molar-refractivity contribution in [3.05, 3.63) is 45.4 Å². The van der Waals surface area contributed by atoms with Crippen LogP contribution in [0, 0.1) is 19.8 Å². The van der Waals surface area contributed by atoms with E-state index in [1.165, 1.54) is 5.56 Å². The van der Waals surface area contributed by atoms with Crippen molar-refractivity contribution in [3.8, 4) is 5.75 Å². The lowest BCUT2D eigenvalue weighted by atomic mass is 9.97. The molecule has 1 unspecified atom stereocenters. The summed E-state index contributed by atoms with van der Waals surface area (Å²) in [5, 5.41) is 4.04. The lowest BCUT2D eigenvalue weighted by Gasteiger charge is -2.25. The third-order valence-corrected chi connectivity index (χ3v) is 4.94. The molecular formula is C17H20N2O2S. The molecule has 0 fully saturated rings. The lowest BCUT2D eigenvalue weighted by Crippen LogP contribution is -2.35. The van der Waals surface area contributed by atoms with Crippen LogP contribution in [0.1, 0.15) is 21.1 Å². The fourth-order valence-electron chi connectivity index (χ4n) is 2.73. The molecule has 1 atom stereocenters. The molecule has 5 heteroatoms. The zero-order chi connectivity index (χ0) is 15.5. The van der Waals surface area contributed by atoms with Crippen LogP contribution in [0.4, 0.5) is 0 Å². The van der Waals surface area contributed by atoms with Crippen molar-refractivity contribution in [2.75, 3.05) is 13.2 Å². The van der Waals surface area contributed by atoms with Gasteiger partial charge in [0.25, 0.3) is 0 Å². The number of ether oxygens (including phenoxy) is 1. The van der Waals surface area contributed by atoms with E-state index in [1.807, 2.05) is 32.0 Å². The molecule has 0 spiro atoms. The number of nitrogens with zero attached hydrogens (tertiary/aromatic N) is 1. The minimum absolute atomic E-state index is 0.0607. The molecule has 1 aliphatic rings. The van der Waals surface area contributed by atoms with Gasteiger partial charge in [0.2, 0.25) is 5.91 Å². The van der Waals surface area contributed by atoms with E-state index in [2.05, 4.69) is 16.4 Å². The third kappa shape index (κ3) is 3.47. The summed E-state index contributed by atoms with van der Waals surface area (Å²) in [6, 6.07) is 8.10. The van der Waals surface area contributed by atoms with Crippen molar-refractivity contribution in [1.29, 1.82) is 0 Å². The number of aromatic nitrogens is 1. The molecule has 2 heterocycles. The van der Waals surface area contributed by atoms with Gasteiger partial charge in [-0.25, -0.2) is 4.98 Å². The molecule has 116 valence electrons. The Morgan fingerprint density at radius 2 is 2.23 bits per heavy atom. The fraction of sp³-hybridized carbons (Fsp3) is 0.412. The average Bonchev–Trinajstić information content (AvgIpc) is 2.82. The molecule has 1 aromatic carbocycles. The van der Waals surface area contributed by atoms with Gasteiger partial charge in [-0.15, -0.1) is 11.3 Å². The number of amides is 1. The molecule has 1 aromatic heterocycles. The maximum absolute atomic E-state index is 12.1. The predicted molar refractivity (Wildman–Crippen MR) is 87.4 cm³/mol. The maximum atomic E-state index is 12.1. The Morgan fingerprint density at radius 3 is 3.00 bits per heavy atom. The number of aryl methyl sites for hydroxylation is 2. The number of hydrogen-bond donors (Lipinski definition) is 1. The summed E-state index contributed by atoms with van der Waals surface area (Å²) in [6.07, 6.45) is 1.37. The number of rotatable bonds is 4. The van der Waals surface area contributed by atoms with Crippen LogP contribution in [0.3, 0.4) is 0 Å². The normalized spacial score (nSPS) is 16.7. The average molecular weight is 316 g/mol. The van der Waals surface area contributed by atoms with E-state index in [1.54, 1.807) is 11.3 Å². The minimum Gasteiger partial charge on any atom is -0.493 e. The van der Waals surface area contributed by atoms with Crippen molar-refractivity contribution in [2.45, 2.75) is 26.7 Å². The Bertz CT molecular complexity index is 681. The number of benzene rings is 1. The summed E-state index contributed by atoms with van der Waals surface area (Å²) in [6.45, 7) is 5.24. The summed E-state index contributed by atoms with van der Waals surface area (Å²) < 4.78 is 5.75. The lowest BCUT2D eigenvalue weighted by molar-refractivity contribution is -0.120. The molecule has 1 aliphatic heterocycles. The summed E-state index contributed by atoms with van der Waals surface area (Å²) in [4.78, 5) is 17.5. The molecule has 0 saturated heterocycles. The second kappa shape index (κ2) is 6.48. The van der Waals surface area contributed by atoms with Crippen molar-refractivity contribution in [1.82, 2.24) is 10.3 Å². The highest BCUT2D eigenvalue weighted by atomic mass is 32.1. The topological polar surface area (TPSA) is 51.2 Å². The summed E-state index contributed by atoms with van der Waals surface area (Å²) in [7, 11) is 0. The highest BCUT2D eigenvalue weighted by Gasteiger charge is 2.20. The zero-order valence-corrected chi connectivity index (χ0v) is 13.7. The summed E-state index contributed by atoms with van der Waals surface area (Å²) in [5.41, 5.74) is 2.19. The van der Waals surface area contributed by atoms with Gasteiger partial charge in [-0.3, -0.25) is 4.79 Å². The molecule has 0 saturated carbocycles. The van der Waals surface area contributed by atoms with Crippen LogP contribution in [-0.2, 0) is 17.6 Å². The van der Waals surface area contributed by atoms with Crippen molar-refractivity contribution >= 4 is 17.2 Å². The van der Waals surface area contributed by atoms with Gasteiger partial charge in [0, 0.05) is 17.3 Å². The molecule has 1 N–H and O–H groups in total. The van der Waals surface area contributed by atoms with Gasteiger partial charge in [0.05, 0.1) is 23.7 Å². The number of thiazole rings is 1. The zero-order valence-electron chi connectivity index (χ0n) is 12.9. The van der Waals surface area contributed by atoms with E-state index in [9.17, 15) is 4.79 Å². The highest BCUT2D eigenvalue weighted by molar-refractivity contribution is 7.11. The Labute approximate surface area is 134 Å². The van der Waals surface area contributed by atoms with E-state index in [0.717, 1.165) is 27.7 Å². The maximum Gasteiger partial charge on any atom is 0.225 e.